The van der Waals surface area contributed by atoms with Crippen LogP contribution in [0.15, 0.2) is 6.20 Å². The molecule has 5 heteroatoms. The predicted octanol–water partition coefficient (Wildman–Crippen LogP) is -1.24. The molecule has 0 unspecified atom stereocenters. The highest BCUT2D eigenvalue weighted by Crippen LogP contribution is 2.07. The fourth-order valence-electron chi connectivity index (χ4n) is 0.385. The smallest absolute Gasteiger partial charge is 0.167 e. The molecule has 0 fully saturated rings. The Morgan fingerprint density at radius 2 is 2.12 bits per heavy atom. The number of nitrogen functional groups attached to an aromatic ring is 3. The first-order valence-corrected chi connectivity index (χ1v) is 2.06. The Labute approximate surface area is 46.0 Å². The predicted molar refractivity (Wildman–Crippen MR) is 31.2 cm³/mol. The van der Waals surface area contributed by atoms with Crippen LogP contribution >= 0.6 is 0 Å². The van der Waals surface area contributed by atoms with Crippen molar-refractivity contribution < 1.29 is 0 Å². The van der Waals surface area contributed by atoms with Crippen LogP contribution in [0.3, 0.4) is 0 Å². The van der Waals surface area contributed by atoms with Crippen molar-refractivity contribution in [2.24, 2.45) is 0 Å². The Bertz CT molecular complexity index is 170. The highest BCUT2D eigenvalue weighted by atomic mass is 15.5. The van der Waals surface area contributed by atoms with Crippen molar-refractivity contribution in [1.29, 1.82) is 0 Å². The van der Waals surface area contributed by atoms with Gasteiger partial charge in [-0.1, -0.05) is 0 Å². The summed E-state index contributed by atoms with van der Waals surface area (Å²) in [5.74, 6) is 5.44. The number of hydrogen-bond acceptors (Lipinski definition) is 4. The Balaban J connectivity index is 3.19. The number of hydrogen-bond donors (Lipinski definition) is 3. The third-order valence-corrected chi connectivity index (χ3v) is 0.864. The monoisotopic (exact) mass is 113 g/mol. The maximum atomic E-state index is 5.25. The molecule has 0 saturated carbocycles. The summed E-state index contributed by atoms with van der Waals surface area (Å²) < 4.78 is 0. The van der Waals surface area contributed by atoms with Gasteiger partial charge >= 0.3 is 0 Å². The van der Waals surface area contributed by atoms with Gasteiger partial charge in [0.15, 0.2) is 5.82 Å². The summed E-state index contributed by atoms with van der Waals surface area (Å²) in [5.41, 5.74) is 10.9. The van der Waals surface area contributed by atoms with Crippen LogP contribution in [0.4, 0.5) is 11.5 Å². The number of nitrogens with two attached hydrogens (primary N) is 3. The van der Waals surface area contributed by atoms with E-state index in [4.69, 9.17) is 17.3 Å². The highest BCUT2D eigenvalue weighted by molar-refractivity contribution is 5.56. The lowest BCUT2D eigenvalue weighted by Crippen LogP contribution is -2.13. The third kappa shape index (κ3) is 0.446. The molecule has 6 N–H and O–H groups in total. The number of aromatic nitrogens is 2. The first-order chi connectivity index (χ1) is 3.72. The molecule has 0 aliphatic carbocycles. The normalized spacial score (nSPS) is 9.50. The van der Waals surface area contributed by atoms with Crippen molar-refractivity contribution in [3.8, 4) is 0 Å². The van der Waals surface area contributed by atoms with E-state index < -0.39 is 0 Å². The molecule has 0 radical (unpaired) electrons. The van der Waals surface area contributed by atoms with Crippen molar-refractivity contribution in [2.45, 2.75) is 0 Å². The van der Waals surface area contributed by atoms with Crippen molar-refractivity contribution in [1.82, 2.24) is 9.89 Å². The molecular weight excluding hydrogens is 106 g/mol. The van der Waals surface area contributed by atoms with Gasteiger partial charge in [0.1, 0.15) is 0 Å². The summed E-state index contributed by atoms with van der Waals surface area (Å²) >= 11 is 0. The van der Waals surface area contributed by atoms with Crippen LogP contribution in [0.5, 0.6) is 0 Å². The summed E-state index contributed by atoms with van der Waals surface area (Å²) in [6, 6.07) is 0. The van der Waals surface area contributed by atoms with Gasteiger partial charge in [-0.15, -0.1) is 0 Å². The van der Waals surface area contributed by atoms with E-state index in [0.29, 0.717) is 11.5 Å². The van der Waals surface area contributed by atoms with Crippen molar-refractivity contribution >= 4 is 11.5 Å². The molecule has 1 heterocycles. The summed E-state index contributed by atoms with van der Waals surface area (Å²) in [7, 11) is 0. The van der Waals surface area contributed by atoms with Gasteiger partial charge in [-0.25, -0.2) is 0 Å². The molecule has 0 bridgehead atoms. The van der Waals surface area contributed by atoms with E-state index in [0.717, 1.165) is 4.79 Å². The van der Waals surface area contributed by atoms with Gasteiger partial charge in [0.25, 0.3) is 0 Å². The Kier molecular flexibility index (Phi) is 0.768. The van der Waals surface area contributed by atoms with Crippen LogP contribution < -0.4 is 17.3 Å². The van der Waals surface area contributed by atoms with Gasteiger partial charge in [-0.3, -0.25) is 0 Å². The van der Waals surface area contributed by atoms with E-state index in [1.54, 1.807) is 0 Å². The standard InChI is InChI=1S/C3H7N5/c4-2-1-7-8(6)3(2)5/h1H,4-6H2. The minimum Gasteiger partial charge on any atom is -0.394 e. The Morgan fingerprint density at radius 3 is 2.25 bits per heavy atom. The van der Waals surface area contributed by atoms with E-state index in [1.807, 2.05) is 0 Å². The van der Waals surface area contributed by atoms with Crippen LogP contribution in [0.1, 0.15) is 0 Å². The summed E-state index contributed by atoms with van der Waals surface area (Å²) in [6.07, 6.45) is 1.40. The van der Waals surface area contributed by atoms with E-state index in [1.165, 1.54) is 6.20 Å². The molecular formula is C3H7N5. The average Bonchev–Trinajstić information content (AvgIpc) is 1.98. The summed E-state index contributed by atoms with van der Waals surface area (Å²) in [5, 5.41) is 3.56. The molecule has 0 saturated heterocycles. The lowest BCUT2D eigenvalue weighted by Gasteiger charge is -1.90. The van der Waals surface area contributed by atoms with Crippen molar-refractivity contribution in [2.75, 3.05) is 17.3 Å². The van der Waals surface area contributed by atoms with Gasteiger partial charge in [-0.2, -0.15) is 9.89 Å². The minimum absolute atomic E-state index is 0.296. The average molecular weight is 113 g/mol. The zero-order valence-corrected chi connectivity index (χ0v) is 4.20. The van der Waals surface area contributed by atoms with Crippen LogP contribution in [0.25, 0.3) is 0 Å². The van der Waals surface area contributed by atoms with E-state index in [-0.39, 0.29) is 0 Å². The van der Waals surface area contributed by atoms with E-state index in [2.05, 4.69) is 5.10 Å². The van der Waals surface area contributed by atoms with Crippen molar-refractivity contribution in [3.05, 3.63) is 6.20 Å². The number of rotatable bonds is 0. The molecule has 5 nitrogen and oxygen atoms in total. The maximum Gasteiger partial charge on any atom is 0.167 e. The number of nitrogens with zero attached hydrogens (tertiary/aromatic N) is 2. The minimum atomic E-state index is 0.296. The molecule has 0 spiro atoms. The van der Waals surface area contributed by atoms with Crippen LogP contribution in [-0.4, -0.2) is 9.89 Å². The van der Waals surface area contributed by atoms with Gasteiger partial charge < -0.3 is 17.3 Å². The molecule has 8 heavy (non-hydrogen) atoms. The van der Waals surface area contributed by atoms with Crippen LogP contribution in [-0.2, 0) is 0 Å². The van der Waals surface area contributed by atoms with Crippen molar-refractivity contribution in [3.63, 3.8) is 0 Å². The molecule has 44 valence electrons. The lowest BCUT2D eigenvalue weighted by atomic mass is 10.5. The molecule has 1 rings (SSSR count). The van der Waals surface area contributed by atoms with Crippen LogP contribution in [0, 0.1) is 0 Å². The van der Waals surface area contributed by atoms with Gasteiger partial charge in [-0.05, 0) is 0 Å². The van der Waals surface area contributed by atoms with Gasteiger partial charge in [0.2, 0.25) is 0 Å². The van der Waals surface area contributed by atoms with Gasteiger partial charge in [0, 0.05) is 0 Å². The SMILES string of the molecule is Nc1cnn(N)c1N. The quantitative estimate of drug-likeness (QED) is 0.367. The van der Waals surface area contributed by atoms with E-state index in [9.17, 15) is 0 Å². The Hall–Kier alpha value is -1.39. The zero-order chi connectivity index (χ0) is 6.15. The zero-order valence-electron chi connectivity index (χ0n) is 4.20. The fourth-order valence-corrected chi connectivity index (χ4v) is 0.385. The molecule has 1 aromatic rings. The van der Waals surface area contributed by atoms with Crippen LogP contribution in [0.2, 0.25) is 0 Å². The molecule has 0 aliphatic heterocycles. The summed E-state index contributed by atoms with van der Waals surface area (Å²) in [6.45, 7) is 0. The largest absolute Gasteiger partial charge is 0.394 e. The maximum absolute atomic E-state index is 5.25. The molecule has 0 amide bonds. The first kappa shape index (κ1) is 4.76. The number of anilines is 2. The highest BCUT2D eigenvalue weighted by Gasteiger charge is 1.96. The fraction of sp³-hybridized carbons (Fsp3) is 0. The second kappa shape index (κ2) is 1.29. The Morgan fingerprint density at radius 1 is 1.50 bits per heavy atom. The molecule has 0 atom stereocenters. The molecule has 0 aliphatic rings. The second-order valence-electron chi connectivity index (χ2n) is 1.43. The third-order valence-electron chi connectivity index (χ3n) is 0.864. The molecule has 1 aromatic heterocycles. The molecule has 0 aromatic carbocycles. The first-order valence-electron chi connectivity index (χ1n) is 2.06. The second-order valence-corrected chi connectivity index (χ2v) is 1.43. The lowest BCUT2D eigenvalue weighted by molar-refractivity contribution is 0.843. The topological polar surface area (TPSA) is 95.9 Å². The van der Waals surface area contributed by atoms with Gasteiger partial charge in [0.05, 0.1) is 11.9 Å². The van der Waals surface area contributed by atoms with E-state index >= 15 is 0 Å². The summed E-state index contributed by atoms with van der Waals surface area (Å²) in [4.78, 5) is 1.02.